The van der Waals surface area contributed by atoms with E-state index in [1.165, 1.54) is 17.9 Å². The molecular weight excluding hydrogens is 208 g/mol. The van der Waals surface area contributed by atoms with Crippen LogP contribution in [0.1, 0.15) is 25.0 Å². The number of nitrogens with zero attached hydrogens (tertiary/aromatic N) is 1. The largest absolute Gasteiger partial charge is 0.444 e. The van der Waals surface area contributed by atoms with Gasteiger partial charge in [-0.05, 0) is 30.4 Å². The number of rotatable bonds is 5. The molecule has 1 N–H and O–H groups in total. The number of nitrogens with one attached hydrogen (secondary N) is 1. The Morgan fingerprint density at radius 1 is 1.67 bits per heavy atom. The summed E-state index contributed by atoms with van der Waals surface area (Å²) in [6.07, 6.45) is 4.10. The van der Waals surface area contributed by atoms with Gasteiger partial charge in [0, 0.05) is 6.42 Å². The van der Waals surface area contributed by atoms with Crippen LogP contribution in [0.3, 0.4) is 0 Å². The first-order valence-corrected chi connectivity index (χ1v) is 6.76. The molecule has 1 aliphatic heterocycles. The summed E-state index contributed by atoms with van der Waals surface area (Å²) in [6.45, 7) is 3.94. The molecule has 0 aromatic carbocycles. The zero-order valence-electron chi connectivity index (χ0n) is 9.16. The van der Waals surface area contributed by atoms with Gasteiger partial charge >= 0.3 is 0 Å². The molecule has 1 atom stereocenters. The summed E-state index contributed by atoms with van der Waals surface area (Å²) in [5.41, 5.74) is 0. The zero-order valence-corrected chi connectivity index (χ0v) is 9.98. The van der Waals surface area contributed by atoms with Gasteiger partial charge in [-0.1, -0.05) is 6.92 Å². The predicted octanol–water partition coefficient (Wildman–Crippen LogP) is 2.08. The van der Waals surface area contributed by atoms with Gasteiger partial charge in [-0.3, -0.25) is 0 Å². The minimum absolute atomic E-state index is 0.765. The molecule has 3 nitrogen and oxygen atoms in total. The zero-order chi connectivity index (χ0) is 10.5. The van der Waals surface area contributed by atoms with Gasteiger partial charge in [-0.2, -0.15) is 11.8 Å². The van der Waals surface area contributed by atoms with Crippen molar-refractivity contribution in [2.75, 3.05) is 18.1 Å². The third kappa shape index (κ3) is 3.24. The summed E-state index contributed by atoms with van der Waals surface area (Å²) in [5, 5.41) is 3.41. The molecule has 0 spiro atoms. The van der Waals surface area contributed by atoms with Gasteiger partial charge in [0.2, 0.25) is 5.89 Å². The first-order valence-electron chi connectivity index (χ1n) is 5.60. The van der Waals surface area contributed by atoms with Gasteiger partial charge in [-0.15, -0.1) is 0 Å². The summed E-state index contributed by atoms with van der Waals surface area (Å²) in [7, 11) is 0. The molecule has 1 saturated heterocycles. The minimum Gasteiger partial charge on any atom is -0.444 e. The van der Waals surface area contributed by atoms with Crippen molar-refractivity contribution in [3.05, 3.63) is 17.8 Å². The Morgan fingerprint density at radius 3 is 3.27 bits per heavy atom. The van der Waals surface area contributed by atoms with Crippen molar-refractivity contribution in [3.8, 4) is 0 Å². The fraction of sp³-hybridized carbons (Fsp3) is 0.727. The lowest BCUT2D eigenvalue weighted by Gasteiger charge is -2.07. The Labute approximate surface area is 95.0 Å². The third-order valence-corrected chi connectivity index (χ3v) is 3.91. The molecule has 15 heavy (non-hydrogen) atoms. The highest BCUT2D eigenvalue weighted by atomic mass is 32.2. The molecule has 2 heterocycles. The number of aryl methyl sites for hydroxylation is 1. The number of oxazole rings is 1. The Kier molecular flexibility index (Phi) is 4.09. The van der Waals surface area contributed by atoms with Crippen molar-refractivity contribution < 1.29 is 4.42 Å². The van der Waals surface area contributed by atoms with E-state index in [1.807, 2.05) is 6.20 Å². The van der Waals surface area contributed by atoms with Gasteiger partial charge in [0.05, 0.1) is 12.7 Å². The molecule has 1 unspecified atom stereocenters. The van der Waals surface area contributed by atoms with Crippen molar-refractivity contribution in [2.24, 2.45) is 5.92 Å². The minimum atomic E-state index is 0.765. The topological polar surface area (TPSA) is 38.1 Å². The molecule has 2 rings (SSSR count). The molecular formula is C11H18N2OS. The summed E-state index contributed by atoms with van der Waals surface area (Å²) in [6, 6.07) is 0. The maximum atomic E-state index is 5.52. The van der Waals surface area contributed by atoms with E-state index in [0.29, 0.717) is 0 Å². The standard InChI is InChI=1S/C11H18N2OS/c1-2-10-6-13-11(14-10)7-12-5-9-3-4-15-8-9/h6,9,12H,2-5,7-8H2,1H3. The van der Waals surface area contributed by atoms with Gasteiger partial charge in [0.1, 0.15) is 5.76 Å². The molecule has 0 bridgehead atoms. The monoisotopic (exact) mass is 226 g/mol. The van der Waals surface area contributed by atoms with E-state index in [-0.39, 0.29) is 0 Å². The van der Waals surface area contributed by atoms with Crippen LogP contribution >= 0.6 is 11.8 Å². The molecule has 84 valence electrons. The lowest BCUT2D eigenvalue weighted by Crippen LogP contribution is -2.22. The first kappa shape index (κ1) is 11.0. The normalized spacial score (nSPS) is 21.0. The number of thioether (sulfide) groups is 1. The van der Waals surface area contributed by atoms with Crippen LogP contribution < -0.4 is 5.32 Å². The van der Waals surface area contributed by atoms with E-state index in [0.717, 1.165) is 37.1 Å². The second kappa shape index (κ2) is 5.56. The van der Waals surface area contributed by atoms with E-state index < -0.39 is 0 Å². The fourth-order valence-corrected chi connectivity index (χ4v) is 3.01. The molecule has 1 aromatic rings. The quantitative estimate of drug-likeness (QED) is 0.834. The summed E-state index contributed by atoms with van der Waals surface area (Å²) in [5.74, 6) is 5.26. The molecule has 1 fully saturated rings. The molecule has 0 saturated carbocycles. The maximum absolute atomic E-state index is 5.52. The van der Waals surface area contributed by atoms with Crippen LogP contribution in [0.2, 0.25) is 0 Å². The number of hydrogen-bond acceptors (Lipinski definition) is 4. The van der Waals surface area contributed by atoms with Crippen LogP contribution in [0.15, 0.2) is 10.6 Å². The van der Waals surface area contributed by atoms with Crippen molar-refractivity contribution in [3.63, 3.8) is 0 Å². The molecule has 0 radical (unpaired) electrons. The summed E-state index contributed by atoms with van der Waals surface area (Å²) in [4.78, 5) is 4.22. The average molecular weight is 226 g/mol. The highest BCUT2D eigenvalue weighted by Crippen LogP contribution is 2.22. The van der Waals surface area contributed by atoms with E-state index >= 15 is 0 Å². The fourth-order valence-electron chi connectivity index (χ4n) is 1.72. The van der Waals surface area contributed by atoms with Crippen molar-refractivity contribution in [2.45, 2.75) is 26.3 Å². The second-order valence-electron chi connectivity index (χ2n) is 3.93. The lowest BCUT2D eigenvalue weighted by atomic mass is 10.1. The van der Waals surface area contributed by atoms with Crippen molar-refractivity contribution >= 4 is 11.8 Å². The van der Waals surface area contributed by atoms with Crippen LogP contribution in [-0.4, -0.2) is 23.0 Å². The van der Waals surface area contributed by atoms with Gasteiger partial charge in [0.15, 0.2) is 0 Å². The average Bonchev–Trinajstić information content (AvgIpc) is 2.88. The van der Waals surface area contributed by atoms with E-state index in [2.05, 4.69) is 29.0 Å². The van der Waals surface area contributed by atoms with Gasteiger partial charge in [-0.25, -0.2) is 4.98 Å². The molecule has 1 aromatic heterocycles. The Hall–Kier alpha value is -0.480. The predicted molar refractivity (Wildman–Crippen MR) is 63.0 cm³/mol. The summed E-state index contributed by atoms with van der Waals surface area (Å²) >= 11 is 2.06. The van der Waals surface area contributed by atoms with Gasteiger partial charge < -0.3 is 9.73 Å². The lowest BCUT2D eigenvalue weighted by molar-refractivity contribution is 0.425. The third-order valence-electron chi connectivity index (χ3n) is 2.68. The van der Waals surface area contributed by atoms with Crippen LogP contribution in [-0.2, 0) is 13.0 Å². The van der Waals surface area contributed by atoms with Crippen LogP contribution in [0, 0.1) is 5.92 Å². The SMILES string of the molecule is CCc1cnc(CNCC2CCSC2)o1. The first-order chi connectivity index (χ1) is 7.38. The molecule has 0 amide bonds. The Bertz CT molecular complexity index is 295. The maximum Gasteiger partial charge on any atom is 0.208 e. The number of aromatic nitrogens is 1. The Morgan fingerprint density at radius 2 is 2.60 bits per heavy atom. The van der Waals surface area contributed by atoms with Crippen LogP contribution in [0.5, 0.6) is 0 Å². The highest BCUT2D eigenvalue weighted by Gasteiger charge is 2.14. The van der Waals surface area contributed by atoms with E-state index in [4.69, 9.17) is 4.42 Å². The molecule has 4 heteroatoms. The number of hydrogen-bond donors (Lipinski definition) is 1. The second-order valence-corrected chi connectivity index (χ2v) is 5.08. The Balaban J connectivity index is 1.68. The molecule has 1 aliphatic rings. The van der Waals surface area contributed by atoms with Gasteiger partial charge in [0.25, 0.3) is 0 Å². The van der Waals surface area contributed by atoms with E-state index in [1.54, 1.807) is 0 Å². The van der Waals surface area contributed by atoms with Crippen molar-refractivity contribution in [1.82, 2.24) is 10.3 Å². The van der Waals surface area contributed by atoms with Crippen molar-refractivity contribution in [1.29, 1.82) is 0 Å². The molecule has 0 aliphatic carbocycles. The smallest absolute Gasteiger partial charge is 0.208 e. The van der Waals surface area contributed by atoms with Crippen LogP contribution in [0.25, 0.3) is 0 Å². The van der Waals surface area contributed by atoms with Crippen LogP contribution in [0.4, 0.5) is 0 Å². The highest BCUT2D eigenvalue weighted by molar-refractivity contribution is 7.99. The summed E-state index contributed by atoms with van der Waals surface area (Å²) < 4.78 is 5.52. The van der Waals surface area contributed by atoms with E-state index in [9.17, 15) is 0 Å².